The average Bonchev–Trinajstić information content (AvgIpc) is 2.81. The van der Waals surface area contributed by atoms with Crippen LogP contribution in [0.4, 0.5) is 5.82 Å². The quantitative estimate of drug-likeness (QED) is 0.465. The fourth-order valence-corrected chi connectivity index (χ4v) is 3.32. The normalized spacial score (nSPS) is 10.7. The van der Waals surface area contributed by atoms with Crippen molar-refractivity contribution in [2.75, 3.05) is 12.4 Å². The number of carbonyl (C=O) groups excluding carboxylic acids is 1. The number of methoxy groups -OCH3 is 1. The van der Waals surface area contributed by atoms with E-state index in [1.807, 2.05) is 48.5 Å². The zero-order valence-corrected chi connectivity index (χ0v) is 16.7. The Morgan fingerprint density at radius 2 is 1.80 bits per heavy atom. The van der Waals surface area contributed by atoms with Crippen molar-refractivity contribution in [1.29, 1.82) is 0 Å². The highest BCUT2D eigenvalue weighted by Gasteiger charge is 2.14. The lowest BCUT2D eigenvalue weighted by molar-refractivity contribution is -0.140. The number of benzene rings is 2. The molecule has 6 nitrogen and oxygen atoms in total. The third kappa shape index (κ3) is 4.43. The van der Waals surface area contributed by atoms with E-state index < -0.39 is 0 Å². The van der Waals surface area contributed by atoms with Gasteiger partial charge in [-0.1, -0.05) is 48.5 Å². The van der Waals surface area contributed by atoms with Crippen molar-refractivity contribution in [2.45, 2.75) is 19.4 Å². The lowest BCUT2D eigenvalue weighted by Gasteiger charge is -2.14. The Bertz CT molecular complexity index is 1150. The number of nitrogens with zero attached hydrogens (tertiary/aromatic N) is 3. The number of anilines is 1. The zero-order chi connectivity index (χ0) is 20.8. The monoisotopic (exact) mass is 398 g/mol. The first-order valence-electron chi connectivity index (χ1n) is 9.80. The summed E-state index contributed by atoms with van der Waals surface area (Å²) in [4.78, 5) is 25.4. The second-order valence-corrected chi connectivity index (χ2v) is 6.80. The smallest absolute Gasteiger partial charge is 0.305 e. The number of carbonyl (C=O) groups is 1. The molecule has 0 unspecified atom stereocenters. The van der Waals surface area contributed by atoms with Crippen molar-refractivity contribution in [3.05, 3.63) is 84.4 Å². The van der Waals surface area contributed by atoms with E-state index in [9.17, 15) is 4.79 Å². The number of aromatic nitrogens is 3. The minimum Gasteiger partial charge on any atom is -0.469 e. The Kier molecular flexibility index (Phi) is 5.94. The number of hydrogen-bond donors (Lipinski definition) is 1. The summed E-state index contributed by atoms with van der Waals surface area (Å²) in [6.45, 7) is 0.534. The second kappa shape index (κ2) is 9.13. The lowest BCUT2D eigenvalue weighted by atomic mass is 10.0. The molecule has 6 heteroatoms. The van der Waals surface area contributed by atoms with E-state index in [2.05, 4.69) is 28.5 Å². The summed E-state index contributed by atoms with van der Waals surface area (Å²) in [5.41, 5.74) is 3.89. The van der Waals surface area contributed by atoms with E-state index >= 15 is 0 Å². The maximum atomic E-state index is 11.6. The predicted octanol–water partition coefficient (Wildman–Crippen LogP) is 4.41. The molecule has 0 aliphatic carbocycles. The molecular weight excluding hydrogens is 376 g/mol. The summed E-state index contributed by atoms with van der Waals surface area (Å²) in [6, 6.07) is 22.0. The molecule has 1 N–H and O–H groups in total. The molecule has 0 radical (unpaired) electrons. The number of ether oxygens (including phenoxy) is 1. The van der Waals surface area contributed by atoms with Gasteiger partial charge in [0.1, 0.15) is 11.6 Å². The van der Waals surface area contributed by atoms with Gasteiger partial charge in [-0.05, 0) is 29.3 Å². The van der Waals surface area contributed by atoms with Gasteiger partial charge in [-0.2, -0.15) is 0 Å². The van der Waals surface area contributed by atoms with Gasteiger partial charge in [-0.25, -0.2) is 9.97 Å². The Labute approximate surface area is 175 Å². The Morgan fingerprint density at radius 3 is 2.57 bits per heavy atom. The molecule has 4 aromatic rings. The van der Waals surface area contributed by atoms with Gasteiger partial charge in [0.15, 0.2) is 0 Å². The second-order valence-electron chi connectivity index (χ2n) is 6.80. The topological polar surface area (TPSA) is 77.0 Å². The molecule has 0 atom stereocenters. The highest BCUT2D eigenvalue weighted by Crippen LogP contribution is 2.32. The van der Waals surface area contributed by atoms with Crippen LogP contribution in [0.15, 0.2) is 72.9 Å². The number of hydrogen-bond acceptors (Lipinski definition) is 6. The lowest BCUT2D eigenvalue weighted by Crippen LogP contribution is -2.09. The first-order chi connectivity index (χ1) is 14.7. The minimum absolute atomic E-state index is 0.236. The molecule has 4 rings (SSSR count). The largest absolute Gasteiger partial charge is 0.469 e. The number of aryl methyl sites for hydroxylation is 1. The van der Waals surface area contributed by atoms with E-state index in [4.69, 9.17) is 14.7 Å². The molecule has 30 heavy (non-hydrogen) atoms. The summed E-state index contributed by atoms with van der Waals surface area (Å²) >= 11 is 0. The van der Waals surface area contributed by atoms with Crippen molar-refractivity contribution in [3.63, 3.8) is 0 Å². The van der Waals surface area contributed by atoms with Gasteiger partial charge in [0, 0.05) is 12.6 Å². The summed E-state index contributed by atoms with van der Waals surface area (Å²) in [6.07, 6.45) is 2.42. The summed E-state index contributed by atoms with van der Waals surface area (Å²) < 4.78 is 4.75. The third-order valence-corrected chi connectivity index (χ3v) is 4.80. The van der Waals surface area contributed by atoms with Crippen molar-refractivity contribution in [2.24, 2.45) is 0 Å². The van der Waals surface area contributed by atoms with Crippen LogP contribution in [-0.2, 0) is 22.5 Å². The van der Waals surface area contributed by atoms with Crippen LogP contribution in [0.3, 0.4) is 0 Å². The molecule has 0 amide bonds. The van der Waals surface area contributed by atoms with Gasteiger partial charge >= 0.3 is 5.97 Å². The molecule has 2 aromatic heterocycles. The maximum absolute atomic E-state index is 11.6. The Morgan fingerprint density at radius 1 is 0.967 bits per heavy atom. The van der Waals surface area contributed by atoms with Gasteiger partial charge < -0.3 is 10.1 Å². The van der Waals surface area contributed by atoms with Crippen LogP contribution >= 0.6 is 0 Å². The van der Waals surface area contributed by atoms with Crippen molar-refractivity contribution in [1.82, 2.24) is 15.0 Å². The molecule has 0 aliphatic rings. The third-order valence-electron chi connectivity index (χ3n) is 4.80. The standard InChI is InChI=1S/C24H22N4O2/c1-30-22(29)14-13-21-27-20-12-7-11-19(17-8-3-2-4-9-17)23(20)24(28-21)26-16-18-10-5-6-15-25-18/h2-12,15H,13-14,16H2,1H3,(H,26,27,28). The summed E-state index contributed by atoms with van der Waals surface area (Å²) in [5.74, 6) is 1.05. The molecule has 150 valence electrons. The number of rotatable bonds is 7. The molecule has 0 spiro atoms. The number of esters is 1. The van der Waals surface area contributed by atoms with E-state index in [1.165, 1.54) is 7.11 Å². The highest BCUT2D eigenvalue weighted by atomic mass is 16.5. The zero-order valence-electron chi connectivity index (χ0n) is 16.7. The van der Waals surface area contributed by atoms with Crippen molar-refractivity contribution < 1.29 is 9.53 Å². The Hall–Kier alpha value is -3.80. The number of pyridine rings is 1. The van der Waals surface area contributed by atoms with E-state index in [0.29, 0.717) is 18.8 Å². The van der Waals surface area contributed by atoms with Gasteiger partial charge in [0.2, 0.25) is 0 Å². The number of fused-ring (bicyclic) bond motifs is 1. The van der Waals surface area contributed by atoms with Crippen molar-refractivity contribution >= 4 is 22.7 Å². The highest BCUT2D eigenvalue weighted by molar-refractivity contribution is 6.01. The molecule has 0 fully saturated rings. The predicted molar refractivity (Wildman–Crippen MR) is 117 cm³/mol. The van der Waals surface area contributed by atoms with Crippen LogP contribution in [0.2, 0.25) is 0 Å². The van der Waals surface area contributed by atoms with Gasteiger partial charge in [-0.15, -0.1) is 0 Å². The average molecular weight is 398 g/mol. The Balaban J connectivity index is 1.77. The van der Waals surface area contributed by atoms with Crippen molar-refractivity contribution in [3.8, 4) is 11.1 Å². The molecule has 2 aromatic carbocycles. The fraction of sp³-hybridized carbons (Fsp3) is 0.167. The minimum atomic E-state index is -0.278. The van der Waals surface area contributed by atoms with Gasteiger partial charge in [-0.3, -0.25) is 9.78 Å². The SMILES string of the molecule is COC(=O)CCc1nc(NCc2ccccn2)c2c(-c3ccccc3)cccc2n1. The number of nitrogens with one attached hydrogen (secondary N) is 1. The maximum Gasteiger partial charge on any atom is 0.305 e. The van der Waals surface area contributed by atoms with Crippen LogP contribution in [-0.4, -0.2) is 28.0 Å². The van der Waals surface area contributed by atoms with Crippen LogP contribution < -0.4 is 5.32 Å². The summed E-state index contributed by atoms with van der Waals surface area (Å²) in [5, 5.41) is 4.37. The molecule has 0 bridgehead atoms. The molecule has 0 aliphatic heterocycles. The molecule has 0 saturated heterocycles. The summed E-state index contributed by atoms with van der Waals surface area (Å²) in [7, 11) is 1.38. The van der Waals surface area contributed by atoms with E-state index in [1.54, 1.807) is 6.20 Å². The van der Waals surface area contributed by atoms with Gasteiger partial charge in [0.05, 0.1) is 36.7 Å². The van der Waals surface area contributed by atoms with Crippen LogP contribution in [0.25, 0.3) is 22.0 Å². The molecular formula is C24H22N4O2. The van der Waals surface area contributed by atoms with E-state index in [0.717, 1.165) is 33.5 Å². The van der Waals surface area contributed by atoms with Gasteiger partial charge in [0.25, 0.3) is 0 Å². The fourth-order valence-electron chi connectivity index (χ4n) is 3.32. The van der Waals surface area contributed by atoms with E-state index in [-0.39, 0.29) is 12.4 Å². The van der Waals surface area contributed by atoms with Crippen LogP contribution in [0.1, 0.15) is 17.9 Å². The molecule has 2 heterocycles. The molecule has 0 saturated carbocycles. The van der Waals surface area contributed by atoms with Crippen LogP contribution in [0, 0.1) is 0 Å². The van der Waals surface area contributed by atoms with Crippen LogP contribution in [0.5, 0.6) is 0 Å². The first-order valence-corrected chi connectivity index (χ1v) is 9.80. The first kappa shape index (κ1) is 19.5.